The summed E-state index contributed by atoms with van der Waals surface area (Å²) in [5, 5.41) is 12.2. The van der Waals surface area contributed by atoms with Crippen LogP contribution in [0.3, 0.4) is 0 Å². The van der Waals surface area contributed by atoms with Gasteiger partial charge in [-0.2, -0.15) is 0 Å². The first-order valence-corrected chi connectivity index (χ1v) is 10.4. The number of benzene rings is 1. The van der Waals surface area contributed by atoms with Crippen LogP contribution in [-0.2, 0) is 11.3 Å². The topological polar surface area (TPSA) is 73.0 Å². The highest BCUT2D eigenvalue weighted by Crippen LogP contribution is 2.25. The quantitative estimate of drug-likeness (QED) is 0.523. The molecule has 0 atom stereocenters. The molecule has 1 amide bonds. The molecule has 0 spiro atoms. The van der Waals surface area contributed by atoms with Crippen LogP contribution in [0.2, 0.25) is 0 Å². The van der Waals surface area contributed by atoms with Crippen molar-refractivity contribution < 1.29 is 9.21 Å². The average Bonchev–Trinajstić information content (AvgIpc) is 3.26. The first-order valence-electron chi connectivity index (χ1n) is 8.58. The lowest BCUT2D eigenvalue weighted by Crippen LogP contribution is -2.15. The predicted molar refractivity (Wildman–Crippen MR) is 110 cm³/mol. The lowest BCUT2D eigenvalue weighted by Gasteiger charge is -2.11. The molecule has 8 heteroatoms. The zero-order chi connectivity index (χ0) is 19.4. The maximum atomic E-state index is 12.4. The van der Waals surface area contributed by atoms with Crippen LogP contribution < -0.4 is 5.32 Å². The summed E-state index contributed by atoms with van der Waals surface area (Å²) in [6.07, 6.45) is 1.65. The molecule has 0 unspecified atom stereocenters. The monoisotopic (exact) mass is 448 g/mol. The molecule has 0 bridgehead atoms. The molecule has 1 N–H and O–H groups in total. The summed E-state index contributed by atoms with van der Waals surface area (Å²) in [6.45, 7) is 6.68. The van der Waals surface area contributed by atoms with E-state index in [1.807, 2.05) is 41.8 Å². The highest BCUT2D eigenvalue weighted by molar-refractivity contribution is 9.10. The molecule has 0 saturated carbocycles. The molecule has 0 saturated heterocycles. The second-order valence-electron chi connectivity index (χ2n) is 6.48. The minimum absolute atomic E-state index is 0.0943. The Labute approximate surface area is 170 Å². The molecule has 0 fully saturated rings. The maximum Gasteiger partial charge on any atom is 0.234 e. The summed E-state index contributed by atoms with van der Waals surface area (Å²) in [6, 6.07) is 9.59. The number of rotatable bonds is 7. The van der Waals surface area contributed by atoms with Crippen LogP contribution in [0, 0.1) is 6.92 Å². The highest BCUT2D eigenvalue weighted by atomic mass is 79.9. The van der Waals surface area contributed by atoms with E-state index in [0.717, 1.165) is 27.3 Å². The number of carbonyl (C=O) groups is 1. The van der Waals surface area contributed by atoms with Gasteiger partial charge in [0, 0.05) is 10.4 Å². The van der Waals surface area contributed by atoms with Gasteiger partial charge >= 0.3 is 0 Å². The smallest absolute Gasteiger partial charge is 0.234 e. The third-order valence-electron chi connectivity index (χ3n) is 3.89. The van der Waals surface area contributed by atoms with E-state index in [-0.39, 0.29) is 17.6 Å². The number of hydrogen-bond donors (Lipinski definition) is 1. The molecule has 2 heterocycles. The summed E-state index contributed by atoms with van der Waals surface area (Å²) in [4.78, 5) is 12.4. The van der Waals surface area contributed by atoms with E-state index < -0.39 is 0 Å². The van der Waals surface area contributed by atoms with Crippen molar-refractivity contribution in [2.24, 2.45) is 0 Å². The van der Waals surface area contributed by atoms with Gasteiger partial charge in [0.15, 0.2) is 5.16 Å². The normalized spacial score (nSPS) is 11.1. The van der Waals surface area contributed by atoms with Crippen molar-refractivity contribution in [3.8, 4) is 0 Å². The number of furan rings is 1. The van der Waals surface area contributed by atoms with Crippen molar-refractivity contribution in [1.82, 2.24) is 14.8 Å². The standard InChI is InChI=1S/C19H21BrN4O2S/c1-12(2)18-22-23-19(24(18)10-14-5-4-8-26-14)27-11-17(25)21-16-7-6-13(3)9-15(16)20/h4-9,12H,10-11H2,1-3H3,(H,21,25). The van der Waals surface area contributed by atoms with E-state index in [2.05, 4.69) is 45.3 Å². The lowest BCUT2D eigenvalue weighted by molar-refractivity contribution is -0.113. The number of aromatic nitrogens is 3. The van der Waals surface area contributed by atoms with Gasteiger partial charge in [-0.3, -0.25) is 9.36 Å². The summed E-state index contributed by atoms with van der Waals surface area (Å²) < 4.78 is 8.32. The Hall–Kier alpha value is -2.06. The highest BCUT2D eigenvalue weighted by Gasteiger charge is 2.18. The molecule has 0 radical (unpaired) electrons. The van der Waals surface area contributed by atoms with E-state index in [9.17, 15) is 4.79 Å². The number of halogens is 1. The first kappa shape index (κ1) is 19.7. The Kier molecular flexibility index (Phi) is 6.38. The summed E-state index contributed by atoms with van der Waals surface area (Å²) in [5.74, 6) is 2.07. The molecular weight excluding hydrogens is 428 g/mol. The van der Waals surface area contributed by atoms with Crippen molar-refractivity contribution in [2.75, 3.05) is 11.1 Å². The van der Waals surface area contributed by atoms with Gasteiger partial charge in [-0.1, -0.05) is 31.7 Å². The number of amides is 1. The van der Waals surface area contributed by atoms with Crippen molar-refractivity contribution in [3.63, 3.8) is 0 Å². The zero-order valence-corrected chi connectivity index (χ0v) is 17.8. The number of nitrogens with zero attached hydrogens (tertiary/aromatic N) is 3. The Morgan fingerprint density at radius 1 is 1.33 bits per heavy atom. The Morgan fingerprint density at radius 3 is 2.81 bits per heavy atom. The van der Waals surface area contributed by atoms with Gasteiger partial charge in [-0.25, -0.2) is 0 Å². The maximum absolute atomic E-state index is 12.4. The molecule has 6 nitrogen and oxygen atoms in total. The molecule has 0 aliphatic heterocycles. The minimum atomic E-state index is -0.0943. The number of carbonyl (C=O) groups excluding carboxylic acids is 1. The molecule has 1 aromatic carbocycles. The minimum Gasteiger partial charge on any atom is -0.467 e. The van der Waals surface area contributed by atoms with Crippen molar-refractivity contribution in [2.45, 2.75) is 38.4 Å². The molecule has 3 aromatic rings. The van der Waals surface area contributed by atoms with Crippen molar-refractivity contribution >= 4 is 39.3 Å². The van der Waals surface area contributed by atoms with Crippen LogP contribution in [0.15, 0.2) is 50.6 Å². The summed E-state index contributed by atoms with van der Waals surface area (Å²) in [5.41, 5.74) is 1.88. The third-order valence-corrected chi connectivity index (χ3v) is 5.51. The fourth-order valence-corrected chi connectivity index (χ4v) is 3.92. The number of nitrogens with one attached hydrogen (secondary N) is 1. The van der Waals surface area contributed by atoms with E-state index >= 15 is 0 Å². The SMILES string of the molecule is Cc1ccc(NC(=O)CSc2nnc(C(C)C)n2Cc2ccco2)c(Br)c1. The Balaban J connectivity index is 1.69. The van der Waals surface area contributed by atoms with Gasteiger partial charge in [-0.05, 0) is 52.7 Å². The van der Waals surface area contributed by atoms with Crippen LogP contribution in [0.4, 0.5) is 5.69 Å². The fraction of sp³-hybridized carbons (Fsp3) is 0.316. The Bertz CT molecular complexity index is 922. The average molecular weight is 449 g/mol. The number of hydrogen-bond acceptors (Lipinski definition) is 5. The molecule has 142 valence electrons. The second-order valence-corrected chi connectivity index (χ2v) is 8.28. The number of thioether (sulfide) groups is 1. The lowest BCUT2D eigenvalue weighted by atomic mass is 10.2. The first-order chi connectivity index (χ1) is 12.9. The van der Waals surface area contributed by atoms with Crippen LogP contribution in [0.1, 0.15) is 36.9 Å². The molecular formula is C19H21BrN4O2S. The predicted octanol–water partition coefficient (Wildman–Crippen LogP) is 4.84. The largest absolute Gasteiger partial charge is 0.467 e. The zero-order valence-electron chi connectivity index (χ0n) is 15.4. The fourth-order valence-electron chi connectivity index (χ4n) is 2.58. The van der Waals surface area contributed by atoms with Gasteiger partial charge in [0.2, 0.25) is 5.91 Å². The van der Waals surface area contributed by atoms with Gasteiger partial charge in [0.05, 0.1) is 24.2 Å². The van der Waals surface area contributed by atoms with Crippen LogP contribution in [0.25, 0.3) is 0 Å². The number of anilines is 1. The third kappa shape index (κ3) is 5.01. The summed E-state index contributed by atoms with van der Waals surface area (Å²) >= 11 is 4.84. The van der Waals surface area contributed by atoms with E-state index in [4.69, 9.17) is 4.42 Å². The van der Waals surface area contributed by atoms with Gasteiger partial charge in [0.1, 0.15) is 11.6 Å². The molecule has 3 rings (SSSR count). The van der Waals surface area contributed by atoms with Gasteiger partial charge in [0.25, 0.3) is 0 Å². The molecule has 27 heavy (non-hydrogen) atoms. The van der Waals surface area contributed by atoms with E-state index in [1.165, 1.54) is 11.8 Å². The number of aryl methyl sites for hydroxylation is 1. The van der Waals surface area contributed by atoms with Gasteiger partial charge in [-0.15, -0.1) is 10.2 Å². The van der Waals surface area contributed by atoms with Crippen LogP contribution in [-0.4, -0.2) is 26.4 Å². The van der Waals surface area contributed by atoms with Crippen LogP contribution in [0.5, 0.6) is 0 Å². The molecule has 0 aliphatic rings. The second kappa shape index (κ2) is 8.75. The van der Waals surface area contributed by atoms with Crippen LogP contribution >= 0.6 is 27.7 Å². The van der Waals surface area contributed by atoms with Crippen molar-refractivity contribution in [3.05, 3.63) is 58.2 Å². The van der Waals surface area contributed by atoms with Crippen molar-refractivity contribution in [1.29, 1.82) is 0 Å². The summed E-state index contributed by atoms with van der Waals surface area (Å²) in [7, 11) is 0. The Morgan fingerprint density at radius 2 is 2.15 bits per heavy atom. The van der Waals surface area contributed by atoms with E-state index in [1.54, 1.807) is 6.26 Å². The molecule has 0 aliphatic carbocycles. The molecule has 2 aromatic heterocycles. The van der Waals surface area contributed by atoms with E-state index in [0.29, 0.717) is 11.7 Å². The van der Waals surface area contributed by atoms with Gasteiger partial charge < -0.3 is 9.73 Å².